The van der Waals surface area contributed by atoms with Gasteiger partial charge in [0.25, 0.3) is 0 Å². The van der Waals surface area contributed by atoms with Gasteiger partial charge in [-0.25, -0.2) is 4.39 Å². The highest BCUT2D eigenvalue weighted by Gasteiger charge is 2.39. The van der Waals surface area contributed by atoms with Gasteiger partial charge in [0.15, 0.2) is 0 Å². The van der Waals surface area contributed by atoms with Crippen molar-refractivity contribution in [3.05, 3.63) is 30.1 Å². The van der Waals surface area contributed by atoms with Crippen LogP contribution in [0.5, 0.6) is 0 Å². The maximum atomic E-state index is 13.8. The summed E-state index contributed by atoms with van der Waals surface area (Å²) in [4.78, 5) is 16.2. The van der Waals surface area contributed by atoms with Gasteiger partial charge in [0.05, 0.1) is 17.8 Å². The van der Waals surface area contributed by atoms with Crippen LogP contribution in [0.2, 0.25) is 0 Å². The molecule has 0 aromatic heterocycles. The lowest BCUT2D eigenvalue weighted by molar-refractivity contribution is -0.123. The van der Waals surface area contributed by atoms with E-state index in [0.717, 1.165) is 13.0 Å². The van der Waals surface area contributed by atoms with Crippen molar-refractivity contribution >= 4 is 11.6 Å². The summed E-state index contributed by atoms with van der Waals surface area (Å²) in [5, 5.41) is 10.00. The zero-order valence-electron chi connectivity index (χ0n) is 12.2. The van der Waals surface area contributed by atoms with Crippen LogP contribution in [0.3, 0.4) is 0 Å². The van der Waals surface area contributed by atoms with E-state index < -0.39 is 0 Å². The smallest absolute Gasteiger partial charge is 0.244 e. The molecule has 2 heterocycles. The highest BCUT2D eigenvalue weighted by Crippen LogP contribution is 2.29. The van der Waals surface area contributed by atoms with Crippen LogP contribution in [0.25, 0.3) is 0 Å². The number of para-hydroxylation sites is 1. The molecular formula is C16H21FN2O2. The maximum Gasteiger partial charge on any atom is 0.244 e. The number of rotatable bonds is 2. The number of benzene rings is 1. The third-order valence-corrected chi connectivity index (χ3v) is 4.71. The second-order valence-corrected chi connectivity index (χ2v) is 6.07. The van der Waals surface area contributed by atoms with E-state index in [2.05, 4.69) is 0 Å². The van der Waals surface area contributed by atoms with Crippen LogP contribution in [-0.4, -0.2) is 47.7 Å². The number of halogens is 1. The monoisotopic (exact) mass is 292 g/mol. The number of β-amino-alcohol motifs (C(OH)–C–C–N with tert-alkyl or cyclic N) is 1. The van der Waals surface area contributed by atoms with Gasteiger partial charge >= 0.3 is 0 Å². The second kappa shape index (κ2) is 5.73. The number of amides is 1. The third kappa shape index (κ3) is 2.68. The molecular weight excluding hydrogens is 271 g/mol. The molecule has 3 rings (SSSR count). The Kier molecular flexibility index (Phi) is 3.95. The Morgan fingerprint density at radius 3 is 2.71 bits per heavy atom. The molecule has 21 heavy (non-hydrogen) atoms. The summed E-state index contributed by atoms with van der Waals surface area (Å²) in [6.45, 7) is 3.92. The summed E-state index contributed by atoms with van der Waals surface area (Å²) in [7, 11) is 0. The van der Waals surface area contributed by atoms with E-state index in [1.807, 2.05) is 11.8 Å². The zero-order valence-corrected chi connectivity index (χ0v) is 12.2. The van der Waals surface area contributed by atoms with E-state index in [-0.39, 0.29) is 29.8 Å². The Balaban J connectivity index is 1.74. The number of nitrogens with zero attached hydrogens (tertiary/aromatic N) is 2. The van der Waals surface area contributed by atoms with Crippen molar-refractivity contribution in [3.8, 4) is 0 Å². The van der Waals surface area contributed by atoms with Gasteiger partial charge in [0.2, 0.25) is 5.91 Å². The predicted octanol–water partition coefficient (Wildman–Crippen LogP) is 1.63. The van der Waals surface area contributed by atoms with E-state index >= 15 is 0 Å². The lowest BCUT2D eigenvalue weighted by atomic mass is 9.94. The van der Waals surface area contributed by atoms with Gasteiger partial charge in [-0.1, -0.05) is 19.1 Å². The highest BCUT2D eigenvalue weighted by atomic mass is 19.1. The Bertz CT molecular complexity index is 537. The number of aliphatic hydroxyl groups excluding tert-OH is 1. The molecule has 5 heteroatoms. The first-order chi connectivity index (χ1) is 10.1. The topological polar surface area (TPSA) is 43.8 Å². The molecule has 1 aromatic carbocycles. The minimum atomic E-state index is -0.380. The molecule has 0 radical (unpaired) electrons. The molecule has 4 nitrogen and oxygen atoms in total. The molecule has 1 N–H and O–H groups in total. The number of hydrogen-bond donors (Lipinski definition) is 1. The Morgan fingerprint density at radius 1 is 1.24 bits per heavy atom. The SMILES string of the molecule is CC1CCN(C2CCN(c3ccccc3F)C2=O)CC1O. The van der Waals surface area contributed by atoms with Crippen molar-refractivity contribution in [2.24, 2.45) is 5.92 Å². The third-order valence-electron chi connectivity index (χ3n) is 4.71. The minimum absolute atomic E-state index is 0.0538. The van der Waals surface area contributed by atoms with Gasteiger partial charge in [0, 0.05) is 13.1 Å². The standard InChI is InChI=1S/C16H21FN2O2/c1-11-6-8-18(10-15(11)20)14-7-9-19(16(14)21)13-5-3-2-4-12(13)17/h2-5,11,14-15,20H,6-10H2,1H3. The molecule has 0 bridgehead atoms. The molecule has 1 aromatic rings. The summed E-state index contributed by atoms with van der Waals surface area (Å²) >= 11 is 0. The molecule has 2 aliphatic heterocycles. The normalized spacial score (nSPS) is 30.9. The van der Waals surface area contributed by atoms with Crippen LogP contribution in [0.1, 0.15) is 19.8 Å². The highest BCUT2D eigenvalue weighted by molar-refractivity contribution is 5.99. The minimum Gasteiger partial charge on any atom is -0.392 e. The second-order valence-electron chi connectivity index (χ2n) is 6.07. The number of anilines is 1. The fourth-order valence-electron chi connectivity index (χ4n) is 3.27. The lowest BCUT2D eigenvalue weighted by Gasteiger charge is -2.37. The summed E-state index contributed by atoms with van der Waals surface area (Å²) in [6.07, 6.45) is 1.20. The van der Waals surface area contributed by atoms with Gasteiger partial charge in [-0.2, -0.15) is 0 Å². The van der Waals surface area contributed by atoms with Crippen molar-refractivity contribution in [1.29, 1.82) is 0 Å². The molecule has 0 saturated carbocycles. The van der Waals surface area contributed by atoms with E-state index in [9.17, 15) is 14.3 Å². The molecule has 2 saturated heterocycles. The molecule has 0 aliphatic carbocycles. The molecule has 114 valence electrons. The first-order valence-corrected chi connectivity index (χ1v) is 7.56. The summed E-state index contributed by atoms with van der Waals surface area (Å²) in [5.74, 6) is -0.138. The van der Waals surface area contributed by atoms with Crippen LogP contribution >= 0.6 is 0 Å². The van der Waals surface area contributed by atoms with E-state index in [0.29, 0.717) is 25.2 Å². The molecule has 2 fully saturated rings. The predicted molar refractivity (Wildman–Crippen MR) is 78.5 cm³/mol. The average Bonchev–Trinajstić information content (AvgIpc) is 2.84. The molecule has 3 atom stereocenters. The number of likely N-dealkylation sites (tertiary alicyclic amines) is 1. The fraction of sp³-hybridized carbons (Fsp3) is 0.562. The lowest BCUT2D eigenvalue weighted by Crippen LogP contribution is -2.50. The first kappa shape index (κ1) is 14.5. The van der Waals surface area contributed by atoms with Crippen LogP contribution in [0, 0.1) is 11.7 Å². The van der Waals surface area contributed by atoms with Crippen molar-refractivity contribution in [1.82, 2.24) is 4.90 Å². The van der Waals surface area contributed by atoms with E-state index in [4.69, 9.17) is 0 Å². The summed E-state index contributed by atoms with van der Waals surface area (Å²) < 4.78 is 13.8. The van der Waals surface area contributed by atoms with Gasteiger partial charge in [-0.05, 0) is 37.4 Å². The van der Waals surface area contributed by atoms with Crippen molar-refractivity contribution in [2.75, 3.05) is 24.5 Å². The van der Waals surface area contributed by atoms with E-state index in [1.54, 1.807) is 18.2 Å². The van der Waals surface area contributed by atoms with Gasteiger partial charge in [0.1, 0.15) is 5.82 Å². The molecule has 1 amide bonds. The van der Waals surface area contributed by atoms with Crippen LogP contribution in [0.15, 0.2) is 24.3 Å². The summed E-state index contributed by atoms with van der Waals surface area (Å²) in [5.41, 5.74) is 0.357. The molecule has 2 aliphatic rings. The number of aliphatic hydroxyl groups is 1. The van der Waals surface area contributed by atoms with Crippen molar-refractivity contribution in [3.63, 3.8) is 0 Å². The number of piperidine rings is 1. The zero-order chi connectivity index (χ0) is 15.0. The Labute approximate surface area is 124 Å². The summed E-state index contributed by atoms with van der Waals surface area (Å²) in [6, 6.07) is 6.15. The van der Waals surface area contributed by atoms with Gasteiger partial charge < -0.3 is 10.0 Å². The number of carbonyl (C=O) groups is 1. The quantitative estimate of drug-likeness (QED) is 0.901. The van der Waals surface area contributed by atoms with Crippen molar-refractivity contribution in [2.45, 2.75) is 31.9 Å². The van der Waals surface area contributed by atoms with Crippen LogP contribution in [0.4, 0.5) is 10.1 Å². The van der Waals surface area contributed by atoms with Crippen LogP contribution < -0.4 is 4.90 Å². The molecule has 3 unspecified atom stereocenters. The first-order valence-electron chi connectivity index (χ1n) is 7.56. The van der Waals surface area contributed by atoms with Crippen LogP contribution in [-0.2, 0) is 4.79 Å². The fourth-order valence-corrected chi connectivity index (χ4v) is 3.27. The van der Waals surface area contributed by atoms with Gasteiger partial charge in [-0.3, -0.25) is 9.69 Å². The Morgan fingerprint density at radius 2 is 2.00 bits per heavy atom. The Hall–Kier alpha value is -1.46. The number of carbonyl (C=O) groups excluding carboxylic acids is 1. The van der Waals surface area contributed by atoms with E-state index in [1.165, 1.54) is 11.0 Å². The number of hydrogen-bond acceptors (Lipinski definition) is 3. The van der Waals surface area contributed by atoms with Gasteiger partial charge in [-0.15, -0.1) is 0 Å². The average molecular weight is 292 g/mol. The molecule has 0 spiro atoms. The largest absolute Gasteiger partial charge is 0.392 e. The van der Waals surface area contributed by atoms with Crippen molar-refractivity contribution < 1.29 is 14.3 Å². The maximum absolute atomic E-state index is 13.8.